The Hall–Kier alpha value is -3.13. The minimum Gasteiger partial charge on any atom is -0.488 e. The number of pyridine rings is 1. The van der Waals surface area contributed by atoms with E-state index in [2.05, 4.69) is 14.9 Å². The van der Waals surface area contributed by atoms with Crippen LogP contribution >= 0.6 is 11.6 Å². The van der Waals surface area contributed by atoms with Gasteiger partial charge in [0.25, 0.3) is 5.56 Å². The lowest BCUT2D eigenvalue weighted by molar-refractivity contribution is 0.170. The van der Waals surface area contributed by atoms with Crippen molar-refractivity contribution in [3.8, 4) is 11.4 Å². The summed E-state index contributed by atoms with van der Waals surface area (Å²) in [5.41, 5.74) is 6.73. The van der Waals surface area contributed by atoms with Crippen LogP contribution < -0.4 is 20.9 Å². The van der Waals surface area contributed by atoms with E-state index in [9.17, 15) is 9.18 Å². The Balaban J connectivity index is 1.24. The number of nitrogens with zero attached hydrogens (tertiary/aromatic N) is 4. The first-order valence-electron chi connectivity index (χ1n) is 10.7. The minimum atomic E-state index is -0.594. The molecule has 5 rings (SSSR count). The third-order valence-corrected chi connectivity index (χ3v) is 6.24. The Morgan fingerprint density at radius 2 is 1.81 bits per heavy atom. The van der Waals surface area contributed by atoms with Gasteiger partial charge in [0.15, 0.2) is 0 Å². The van der Waals surface area contributed by atoms with Crippen LogP contribution in [0, 0.1) is 5.82 Å². The molecule has 1 saturated carbocycles. The van der Waals surface area contributed by atoms with Gasteiger partial charge in [0.05, 0.1) is 16.4 Å². The number of halogens is 2. The van der Waals surface area contributed by atoms with Crippen LogP contribution in [0.25, 0.3) is 5.69 Å². The van der Waals surface area contributed by atoms with Crippen molar-refractivity contribution >= 4 is 23.2 Å². The van der Waals surface area contributed by atoms with Gasteiger partial charge >= 0.3 is 0 Å². The number of hydrogen-bond donors (Lipinski definition) is 1. The van der Waals surface area contributed by atoms with Crippen molar-refractivity contribution < 1.29 is 9.13 Å². The van der Waals surface area contributed by atoms with E-state index in [1.165, 1.54) is 47.4 Å². The normalized spacial score (nSPS) is 16.9. The molecule has 32 heavy (non-hydrogen) atoms. The van der Waals surface area contributed by atoms with Gasteiger partial charge in [0, 0.05) is 56.7 Å². The Labute approximate surface area is 189 Å². The summed E-state index contributed by atoms with van der Waals surface area (Å²) < 4.78 is 21.1. The third kappa shape index (κ3) is 4.27. The summed E-state index contributed by atoms with van der Waals surface area (Å²) in [6, 6.07) is 5.50. The lowest BCUT2D eigenvalue weighted by Crippen LogP contribution is -2.39. The topological polar surface area (TPSA) is 86.3 Å². The largest absolute Gasteiger partial charge is 0.488 e. The lowest BCUT2D eigenvalue weighted by atomic mass is 10.1. The van der Waals surface area contributed by atoms with Crippen LogP contribution in [0.2, 0.25) is 5.02 Å². The average Bonchev–Trinajstić information content (AvgIpc) is 3.64. The summed E-state index contributed by atoms with van der Waals surface area (Å²) in [6.45, 7) is 1.51. The van der Waals surface area contributed by atoms with Crippen LogP contribution in [0.4, 0.5) is 16.0 Å². The van der Waals surface area contributed by atoms with E-state index < -0.39 is 5.82 Å². The molecule has 0 spiro atoms. The second-order valence-electron chi connectivity index (χ2n) is 8.29. The summed E-state index contributed by atoms with van der Waals surface area (Å²) in [7, 11) is 0. The van der Waals surface area contributed by atoms with Gasteiger partial charge in [-0.1, -0.05) is 11.6 Å². The second kappa shape index (κ2) is 8.43. The number of aromatic nitrogens is 3. The van der Waals surface area contributed by atoms with Crippen molar-refractivity contribution in [2.24, 2.45) is 0 Å². The van der Waals surface area contributed by atoms with Crippen molar-refractivity contribution in [2.75, 3.05) is 23.7 Å². The number of rotatable bonds is 5. The molecule has 0 atom stereocenters. The Bertz CT molecular complexity index is 1190. The smallest absolute Gasteiger partial charge is 0.258 e. The van der Waals surface area contributed by atoms with Gasteiger partial charge in [-0.25, -0.2) is 14.4 Å². The second-order valence-corrected chi connectivity index (χ2v) is 8.70. The van der Waals surface area contributed by atoms with E-state index in [1.807, 2.05) is 12.4 Å². The summed E-state index contributed by atoms with van der Waals surface area (Å²) in [6.07, 6.45) is 9.22. The van der Waals surface area contributed by atoms with Gasteiger partial charge in [0.2, 0.25) is 5.95 Å². The number of nitrogen functional groups attached to an aromatic ring is 1. The molecule has 2 N–H and O–H groups in total. The van der Waals surface area contributed by atoms with E-state index in [0.717, 1.165) is 31.9 Å². The maximum absolute atomic E-state index is 13.8. The van der Waals surface area contributed by atoms with Gasteiger partial charge in [-0.15, -0.1) is 0 Å². The quantitative estimate of drug-likeness (QED) is 0.587. The summed E-state index contributed by atoms with van der Waals surface area (Å²) in [5.74, 6) is 1.11. The molecule has 2 fully saturated rings. The number of piperidine rings is 1. The van der Waals surface area contributed by atoms with E-state index in [4.69, 9.17) is 22.1 Å². The number of anilines is 2. The van der Waals surface area contributed by atoms with Gasteiger partial charge in [-0.3, -0.25) is 9.36 Å². The third-order valence-electron chi connectivity index (χ3n) is 5.96. The monoisotopic (exact) mass is 455 g/mol. The highest BCUT2D eigenvalue weighted by Crippen LogP contribution is 2.39. The molecule has 3 heterocycles. The van der Waals surface area contributed by atoms with Crippen LogP contribution in [0.15, 0.2) is 47.7 Å². The molecular formula is C23H23ClFN5O2. The van der Waals surface area contributed by atoms with Crippen molar-refractivity contribution in [2.45, 2.75) is 37.7 Å². The maximum atomic E-state index is 13.8. The van der Waals surface area contributed by atoms with Crippen LogP contribution in [0.5, 0.6) is 5.75 Å². The van der Waals surface area contributed by atoms with E-state index in [-0.39, 0.29) is 22.4 Å². The highest BCUT2D eigenvalue weighted by molar-refractivity contribution is 6.31. The first-order chi connectivity index (χ1) is 15.5. The molecule has 3 aromatic rings. The standard InChI is InChI=1S/C23H23ClFN5O2/c24-18-13-30(16-3-4-20(26)19(25)9-16)22(31)10-21(18)32-17-5-7-29(8-6-17)23-27-11-15(12-28-23)14-1-2-14/h3-4,9-14,17H,1-2,5-8,26H2. The van der Waals surface area contributed by atoms with E-state index in [0.29, 0.717) is 17.4 Å². The molecule has 9 heteroatoms. The van der Waals surface area contributed by atoms with E-state index >= 15 is 0 Å². The molecule has 1 aromatic carbocycles. The van der Waals surface area contributed by atoms with Crippen LogP contribution in [-0.4, -0.2) is 33.7 Å². The summed E-state index contributed by atoms with van der Waals surface area (Å²) in [5, 5.41) is 0.281. The summed E-state index contributed by atoms with van der Waals surface area (Å²) in [4.78, 5) is 23.8. The number of ether oxygens (including phenoxy) is 1. The first-order valence-corrected chi connectivity index (χ1v) is 11.1. The number of hydrogen-bond acceptors (Lipinski definition) is 6. The highest BCUT2D eigenvalue weighted by Gasteiger charge is 2.26. The molecule has 0 bridgehead atoms. The Kier molecular flexibility index (Phi) is 5.46. The molecule has 1 aliphatic carbocycles. The van der Waals surface area contributed by atoms with Crippen LogP contribution in [0.1, 0.15) is 37.2 Å². The van der Waals surface area contributed by atoms with Gasteiger partial charge < -0.3 is 15.4 Å². The number of benzene rings is 1. The molecule has 7 nitrogen and oxygen atoms in total. The maximum Gasteiger partial charge on any atom is 0.258 e. The van der Waals surface area contributed by atoms with Crippen LogP contribution in [0.3, 0.4) is 0 Å². The Morgan fingerprint density at radius 3 is 2.47 bits per heavy atom. The van der Waals surface area contributed by atoms with Crippen LogP contribution in [-0.2, 0) is 0 Å². The molecule has 1 saturated heterocycles. The zero-order valence-corrected chi connectivity index (χ0v) is 18.1. The fourth-order valence-corrected chi connectivity index (χ4v) is 4.12. The van der Waals surface area contributed by atoms with Gasteiger partial charge in [-0.2, -0.15) is 0 Å². The number of nitrogens with two attached hydrogens (primary N) is 1. The molecule has 0 unspecified atom stereocenters. The van der Waals surface area contributed by atoms with Gasteiger partial charge in [-0.05, 0) is 36.5 Å². The molecule has 0 amide bonds. The Morgan fingerprint density at radius 1 is 1.09 bits per heavy atom. The van der Waals surface area contributed by atoms with Crippen molar-refractivity contribution in [3.63, 3.8) is 0 Å². The molecule has 2 aromatic heterocycles. The van der Waals surface area contributed by atoms with Gasteiger partial charge in [0.1, 0.15) is 17.7 Å². The SMILES string of the molecule is Nc1ccc(-n2cc(Cl)c(OC3CCN(c4ncc(C5CC5)cn4)CC3)cc2=O)cc1F. The summed E-state index contributed by atoms with van der Waals surface area (Å²) >= 11 is 6.38. The predicted octanol–water partition coefficient (Wildman–Crippen LogP) is 3.93. The first kappa shape index (κ1) is 20.8. The minimum absolute atomic E-state index is 0.0171. The molecule has 0 radical (unpaired) electrons. The van der Waals surface area contributed by atoms with Crippen molar-refractivity contribution in [1.29, 1.82) is 0 Å². The van der Waals surface area contributed by atoms with E-state index in [1.54, 1.807) is 6.07 Å². The fourth-order valence-electron chi connectivity index (χ4n) is 3.92. The zero-order chi connectivity index (χ0) is 22.2. The highest BCUT2D eigenvalue weighted by atomic mass is 35.5. The van der Waals surface area contributed by atoms with Crippen molar-refractivity contribution in [3.05, 3.63) is 69.6 Å². The predicted molar refractivity (Wildman–Crippen MR) is 121 cm³/mol. The van der Waals surface area contributed by atoms with Crippen molar-refractivity contribution in [1.82, 2.24) is 14.5 Å². The average molecular weight is 456 g/mol. The lowest BCUT2D eigenvalue weighted by Gasteiger charge is -2.32. The molecular weight excluding hydrogens is 433 g/mol. The zero-order valence-electron chi connectivity index (χ0n) is 17.4. The molecule has 166 valence electrons. The molecule has 2 aliphatic rings. The fraction of sp³-hybridized carbons (Fsp3) is 0.348. The molecule has 1 aliphatic heterocycles.